The van der Waals surface area contributed by atoms with Crippen molar-refractivity contribution >= 4 is 12.1 Å². The van der Waals surface area contributed by atoms with Crippen LogP contribution in [0.5, 0.6) is 0 Å². The van der Waals surface area contributed by atoms with Crippen molar-refractivity contribution in [1.29, 1.82) is 0 Å². The quantitative estimate of drug-likeness (QED) is 0.722. The van der Waals surface area contributed by atoms with E-state index in [1.807, 2.05) is 13.8 Å². The topological polar surface area (TPSA) is 55.8 Å². The SMILES string of the molecule is CCOC(=O)C[C@@H]1CCN2C(=O)OC[C@@]2(C)C1C. The van der Waals surface area contributed by atoms with E-state index in [1.165, 1.54) is 0 Å². The number of cyclic esters (lactones) is 1. The summed E-state index contributed by atoms with van der Waals surface area (Å²) in [5.74, 6) is 0.360. The first-order valence-corrected chi connectivity index (χ1v) is 6.59. The smallest absolute Gasteiger partial charge is 0.410 e. The lowest BCUT2D eigenvalue weighted by atomic mass is 9.72. The summed E-state index contributed by atoms with van der Waals surface area (Å²) in [7, 11) is 0. The zero-order valence-corrected chi connectivity index (χ0v) is 11.3. The van der Waals surface area contributed by atoms with Crippen molar-refractivity contribution in [3.05, 3.63) is 0 Å². The summed E-state index contributed by atoms with van der Waals surface area (Å²) < 4.78 is 10.2. The molecule has 2 heterocycles. The molecule has 2 fully saturated rings. The number of amides is 1. The molecule has 2 rings (SSSR count). The number of nitrogens with zero attached hydrogens (tertiary/aromatic N) is 1. The number of rotatable bonds is 3. The van der Waals surface area contributed by atoms with Gasteiger partial charge in [-0.15, -0.1) is 0 Å². The van der Waals surface area contributed by atoms with Gasteiger partial charge >= 0.3 is 12.1 Å². The van der Waals surface area contributed by atoms with Crippen molar-refractivity contribution in [2.75, 3.05) is 19.8 Å². The Hall–Kier alpha value is -1.26. The zero-order chi connectivity index (χ0) is 13.3. The molecule has 0 aromatic carbocycles. The number of fused-ring (bicyclic) bond motifs is 1. The Morgan fingerprint density at radius 1 is 1.61 bits per heavy atom. The van der Waals surface area contributed by atoms with Crippen molar-refractivity contribution in [2.45, 2.75) is 39.2 Å². The van der Waals surface area contributed by atoms with Crippen molar-refractivity contribution in [1.82, 2.24) is 4.90 Å². The van der Waals surface area contributed by atoms with Gasteiger partial charge < -0.3 is 9.47 Å². The molecule has 0 aliphatic carbocycles. The molecule has 0 aromatic rings. The van der Waals surface area contributed by atoms with E-state index in [9.17, 15) is 9.59 Å². The van der Waals surface area contributed by atoms with E-state index < -0.39 is 0 Å². The van der Waals surface area contributed by atoms with Gasteiger partial charge in [-0.3, -0.25) is 9.69 Å². The van der Waals surface area contributed by atoms with Gasteiger partial charge in [0.25, 0.3) is 0 Å². The Morgan fingerprint density at radius 2 is 2.33 bits per heavy atom. The van der Waals surface area contributed by atoms with Crippen LogP contribution >= 0.6 is 0 Å². The summed E-state index contributed by atoms with van der Waals surface area (Å²) in [6.45, 7) is 7.47. The number of hydrogen-bond acceptors (Lipinski definition) is 4. The molecule has 2 saturated heterocycles. The van der Waals surface area contributed by atoms with Gasteiger partial charge in [-0.2, -0.15) is 0 Å². The molecule has 5 nitrogen and oxygen atoms in total. The van der Waals surface area contributed by atoms with E-state index in [2.05, 4.69) is 6.92 Å². The molecule has 1 unspecified atom stereocenters. The van der Waals surface area contributed by atoms with Crippen LogP contribution in [0.3, 0.4) is 0 Å². The maximum absolute atomic E-state index is 11.6. The molecule has 18 heavy (non-hydrogen) atoms. The predicted molar refractivity (Wildman–Crippen MR) is 65.0 cm³/mol. The monoisotopic (exact) mass is 255 g/mol. The van der Waals surface area contributed by atoms with Crippen molar-refractivity contribution in [3.8, 4) is 0 Å². The van der Waals surface area contributed by atoms with Crippen LogP contribution in [-0.4, -0.2) is 42.3 Å². The van der Waals surface area contributed by atoms with Gasteiger partial charge in [0.15, 0.2) is 0 Å². The number of carbonyl (C=O) groups is 2. The maximum atomic E-state index is 11.6. The maximum Gasteiger partial charge on any atom is 0.410 e. The lowest BCUT2D eigenvalue weighted by Gasteiger charge is -2.45. The van der Waals surface area contributed by atoms with Crippen LogP contribution in [0.15, 0.2) is 0 Å². The van der Waals surface area contributed by atoms with Gasteiger partial charge in [-0.05, 0) is 32.1 Å². The largest absolute Gasteiger partial charge is 0.466 e. The van der Waals surface area contributed by atoms with Crippen LogP contribution in [0, 0.1) is 11.8 Å². The second-order valence-corrected chi connectivity index (χ2v) is 5.41. The van der Waals surface area contributed by atoms with Crippen LogP contribution in [0.2, 0.25) is 0 Å². The standard InChI is InChI=1S/C13H21NO4/c1-4-17-11(15)7-10-5-6-14-12(16)18-8-13(14,3)9(10)2/h9-10H,4-8H2,1-3H3/t9?,10-,13-/m0/s1. The number of piperidine rings is 1. The summed E-state index contributed by atoms with van der Waals surface area (Å²) in [4.78, 5) is 25.0. The highest BCUT2D eigenvalue weighted by Crippen LogP contribution is 2.42. The molecule has 102 valence electrons. The highest BCUT2D eigenvalue weighted by Gasteiger charge is 2.52. The molecule has 2 aliphatic rings. The van der Waals surface area contributed by atoms with Gasteiger partial charge in [-0.25, -0.2) is 4.79 Å². The molecule has 0 aromatic heterocycles. The minimum atomic E-state index is -0.271. The average molecular weight is 255 g/mol. The fourth-order valence-corrected chi connectivity index (χ4v) is 3.06. The third-order valence-electron chi connectivity index (χ3n) is 4.47. The van der Waals surface area contributed by atoms with E-state index in [0.717, 1.165) is 6.42 Å². The van der Waals surface area contributed by atoms with Crippen LogP contribution in [0.25, 0.3) is 0 Å². The lowest BCUT2D eigenvalue weighted by Crippen LogP contribution is -2.56. The second-order valence-electron chi connectivity index (χ2n) is 5.41. The highest BCUT2D eigenvalue weighted by molar-refractivity contribution is 5.72. The molecule has 0 bridgehead atoms. The molecular weight excluding hydrogens is 234 g/mol. The van der Waals surface area contributed by atoms with Gasteiger partial charge in [0.05, 0.1) is 12.1 Å². The number of hydrogen-bond donors (Lipinski definition) is 0. The van der Waals surface area contributed by atoms with Gasteiger partial charge in [0.2, 0.25) is 0 Å². The van der Waals surface area contributed by atoms with Gasteiger partial charge in [0, 0.05) is 13.0 Å². The normalized spacial score (nSPS) is 35.1. The Kier molecular flexibility index (Phi) is 3.50. The van der Waals surface area contributed by atoms with Crippen LogP contribution in [0.1, 0.15) is 33.6 Å². The number of ether oxygens (including phenoxy) is 2. The van der Waals surface area contributed by atoms with E-state index in [0.29, 0.717) is 26.2 Å². The van der Waals surface area contributed by atoms with Crippen LogP contribution < -0.4 is 0 Å². The van der Waals surface area contributed by atoms with E-state index in [1.54, 1.807) is 4.90 Å². The van der Waals surface area contributed by atoms with Crippen molar-refractivity contribution < 1.29 is 19.1 Å². The third-order valence-corrected chi connectivity index (χ3v) is 4.47. The molecule has 0 spiro atoms. The molecule has 0 saturated carbocycles. The van der Waals surface area contributed by atoms with Crippen LogP contribution in [0.4, 0.5) is 4.79 Å². The highest BCUT2D eigenvalue weighted by atomic mass is 16.6. The molecular formula is C13H21NO4. The molecule has 1 amide bonds. The minimum Gasteiger partial charge on any atom is -0.466 e. The Labute approximate surface area is 107 Å². The minimum absolute atomic E-state index is 0.142. The van der Waals surface area contributed by atoms with Crippen molar-refractivity contribution in [3.63, 3.8) is 0 Å². The van der Waals surface area contributed by atoms with Crippen molar-refractivity contribution in [2.24, 2.45) is 11.8 Å². The molecule has 2 aliphatic heterocycles. The van der Waals surface area contributed by atoms with E-state index in [-0.39, 0.29) is 29.4 Å². The summed E-state index contributed by atoms with van der Waals surface area (Å²) in [5.41, 5.74) is -0.271. The van der Waals surface area contributed by atoms with E-state index >= 15 is 0 Å². The zero-order valence-electron chi connectivity index (χ0n) is 11.3. The molecule has 3 atom stereocenters. The van der Waals surface area contributed by atoms with Crippen LogP contribution in [-0.2, 0) is 14.3 Å². The summed E-state index contributed by atoms with van der Waals surface area (Å²) in [5, 5.41) is 0. The molecule has 5 heteroatoms. The lowest BCUT2D eigenvalue weighted by molar-refractivity contribution is -0.145. The fourth-order valence-electron chi connectivity index (χ4n) is 3.06. The third kappa shape index (κ3) is 2.06. The number of esters is 1. The first kappa shape index (κ1) is 13.2. The Morgan fingerprint density at radius 3 is 3.00 bits per heavy atom. The molecule has 0 N–H and O–H groups in total. The summed E-state index contributed by atoms with van der Waals surface area (Å²) >= 11 is 0. The predicted octanol–water partition coefficient (Wildman–Crippen LogP) is 1.81. The van der Waals surface area contributed by atoms with Gasteiger partial charge in [-0.1, -0.05) is 6.92 Å². The summed E-state index contributed by atoms with van der Waals surface area (Å²) in [6.07, 6.45) is 1.05. The van der Waals surface area contributed by atoms with Gasteiger partial charge in [0.1, 0.15) is 6.61 Å². The Bertz CT molecular complexity index is 357. The Balaban J connectivity index is 2.05. The fraction of sp³-hybridized carbons (Fsp3) is 0.846. The molecule has 0 radical (unpaired) electrons. The van der Waals surface area contributed by atoms with E-state index in [4.69, 9.17) is 9.47 Å². The first-order chi connectivity index (χ1) is 8.49. The summed E-state index contributed by atoms with van der Waals surface area (Å²) in [6, 6.07) is 0. The second kappa shape index (κ2) is 4.78. The average Bonchev–Trinajstić information content (AvgIpc) is 2.62. The number of carbonyl (C=O) groups excluding carboxylic acids is 2. The first-order valence-electron chi connectivity index (χ1n) is 6.59.